The second kappa shape index (κ2) is 6.28. The Kier molecular flexibility index (Phi) is 4.38. The van der Waals surface area contributed by atoms with Crippen molar-refractivity contribution in [1.29, 1.82) is 0 Å². The maximum absolute atomic E-state index is 12.5. The summed E-state index contributed by atoms with van der Waals surface area (Å²) >= 11 is 11.9. The number of carbonyl (C=O) groups is 1. The number of benzene rings is 1. The third-order valence-corrected chi connectivity index (χ3v) is 4.30. The largest absolute Gasteiger partial charge is 0.395 e. The predicted octanol–water partition coefficient (Wildman–Crippen LogP) is 2.78. The number of hydrogen-bond donors (Lipinski definition) is 1. The van der Waals surface area contributed by atoms with E-state index in [4.69, 9.17) is 28.3 Å². The first-order valence-electron chi connectivity index (χ1n) is 7.03. The maximum Gasteiger partial charge on any atom is 0.274 e. The second-order valence-corrected chi connectivity index (χ2v) is 6.01. The topological polar surface area (TPSA) is 58.4 Å². The van der Waals surface area contributed by atoms with Crippen molar-refractivity contribution in [2.75, 3.05) is 13.2 Å². The van der Waals surface area contributed by atoms with Gasteiger partial charge in [0.1, 0.15) is 0 Å². The fourth-order valence-electron chi connectivity index (χ4n) is 2.30. The first kappa shape index (κ1) is 15.3. The Morgan fingerprint density at radius 2 is 2.09 bits per heavy atom. The van der Waals surface area contributed by atoms with Crippen LogP contribution in [-0.4, -0.2) is 44.9 Å². The average Bonchev–Trinajstić information content (AvgIpc) is 3.23. The molecule has 1 fully saturated rings. The van der Waals surface area contributed by atoms with Gasteiger partial charge in [-0.3, -0.25) is 4.79 Å². The Balaban J connectivity index is 1.83. The molecule has 1 saturated carbocycles. The monoisotopic (exact) mass is 339 g/mol. The number of aromatic nitrogens is 2. The quantitative estimate of drug-likeness (QED) is 0.911. The van der Waals surface area contributed by atoms with E-state index in [9.17, 15) is 4.79 Å². The number of halogens is 2. The summed E-state index contributed by atoms with van der Waals surface area (Å²) in [6.45, 7) is 0.291. The molecule has 5 nitrogen and oxygen atoms in total. The number of aliphatic hydroxyl groups excluding tert-OH is 1. The van der Waals surface area contributed by atoms with Gasteiger partial charge in [-0.25, -0.2) is 4.68 Å². The zero-order valence-corrected chi connectivity index (χ0v) is 13.3. The molecule has 0 atom stereocenters. The summed E-state index contributed by atoms with van der Waals surface area (Å²) in [7, 11) is 0. The van der Waals surface area contributed by atoms with Crippen molar-refractivity contribution in [3.8, 4) is 5.69 Å². The van der Waals surface area contributed by atoms with Gasteiger partial charge in [0.15, 0.2) is 5.69 Å². The molecule has 22 heavy (non-hydrogen) atoms. The molecule has 0 radical (unpaired) electrons. The third kappa shape index (κ3) is 3.11. The van der Waals surface area contributed by atoms with Crippen molar-refractivity contribution in [1.82, 2.24) is 14.7 Å². The summed E-state index contributed by atoms with van der Waals surface area (Å²) in [6.07, 6.45) is 3.68. The first-order valence-corrected chi connectivity index (χ1v) is 7.78. The summed E-state index contributed by atoms with van der Waals surface area (Å²) in [5.41, 5.74) is 1.08. The van der Waals surface area contributed by atoms with Gasteiger partial charge in [0.05, 0.1) is 22.3 Å². The summed E-state index contributed by atoms with van der Waals surface area (Å²) in [6, 6.07) is 7.05. The van der Waals surface area contributed by atoms with Gasteiger partial charge in [0.25, 0.3) is 5.91 Å². The maximum atomic E-state index is 12.5. The van der Waals surface area contributed by atoms with Crippen LogP contribution in [0.2, 0.25) is 10.0 Å². The number of hydrogen-bond acceptors (Lipinski definition) is 3. The molecule has 3 rings (SSSR count). The van der Waals surface area contributed by atoms with Crippen LogP contribution >= 0.6 is 23.2 Å². The number of amides is 1. The minimum absolute atomic E-state index is 0.0459. The fraction of sp³-hybridized carbons (Fsp3) is 0.333. The number of nitrogens with zero attached hydrogens (tertiary/aromatic N) is 3. The van der Waals surface area contributed by atoms with Crippen molar-refractivity contribution in [2.24, 2.45) is 0 Å². The van der Waals surface area contributed by atoms with E-state index >= 15 is 0 Å². The summed E-state index contributed by atoms with van der Waals surface area (Å²) in [5.74, 6) is -0.157. The molecule has 1 aliphatic carbocycles. The molecule has 1 aliphatic rings. The van der Waals surface area contributed by atoms with Gasteiger partial charge >= 0.3 is 0 Å². The van der Waals surface area contributed by atoms with Crippen molar-refractivity contribution < 1.29 is 9.90 Å². The van der Waals surface area contributed by atoms with Gasteiger partial charge in [-0.15, -0.1) is 0 Å². The van der Waals surface area contributed by atoms with Crippen molar-refractivity contribution in [2.45, 2.75) is 18.9 Å². The van der Waals surface area contributed by atoms with Crippen LogP contribution in [0.5, 0.6) is 0 Å². The molecule has 1 N–H and O–H groups in total. The van der Waals surface area contributed by atoms with E-state index in [1.807, 2.05) is 0 Å². The molecule has 1 aromatic heterocycles. The molecule has 1 aromatic carbocycles. The molecule has 0 spiro atoms. The van der Waals surface area contributed by atoms with Gasteiger partial charge in [0.2, 0.25) is 0 Å². The smallest absolute Gasteiger partial charge is 0.274 e. The van der Waals surface area contributed by atoms with Crippen LogP contribution in [0.15, 0.2) is 30.5 Å². The molecule has 0 aliphatic heterocycles. The third-order valence-electron chi connectivity index (χ3n) is 3.57. The van der Waals surface area contributed by atoms with Crippen LogP contribution in [0.4, 0.5) is 0 Å². The van der Waals surface area contributed by atoms with Gasteiger partial charge < -0.3 is 10.0 Å². The van der Waals surface area contributed by atoms with Gasteiger partial charge in [-0.1, -0.05) is 23.2 Å². The van der Waals surface area contributed by atoms with Crippen molar-refractivity contribution in [3.05, 3.63) is 46.2 Å². The highest BCUT2D eigenvalue weighted by Gasteiger charge is 2.33. The highest BCUT2D eigenvalue weighted by molar-refractivity contribution is 6.42. The molecule has 116 valence electrons. The molecular weight excluding hydrogens is 325 g/mol. The average molecular weight is 340 g/mol. The molecule has 1 heterocycles. The SMILES string of the molecule is O=C(c1ccn(-c2ccc(Cl)c(Cl)c2)n1)N(CCO)C1CC1. The Bertz CT molecular complexity index is 698. The highest BCUT2D eigenvalue weighted by Crippen LogP contribution is 2.28. The van der Waals surface area contributed by atoms with E-state index in [2.05, 4.69) is 5.10 Å². The van der Waals surface area contributed by atoms with E-state index in [0.29, 0.717) is 22.3 Å². The van der Waals surface area contributed by atoms with Crippen LogP contribution in [0, 0.1) is 0 Å². The number of aliphatic hydroxyl groups is 1. The number of rotatable bonds is 5. The van der Waals surface area contributed by atoms with Crippen LogP contribution in [0.1, 0.15) is 23.3 Å². The van der Waals surface area contributed by atoms with E-state index in [-0.39, 0.29) is 18.6 Å². The Labute approximate surface area is 138 Å². The van der Waals surface area contributed by atoms with Crippen molar-refractivity contribution >= 4 is 29.1 Å². The predicted molar refractivity (Wildman–Crippen MR) is 84.7 cm³/mol. The molecule has 0 unspecified atom stereocenters. The van der Waals surface area contributed by atoms with E-state index in [1.54, 1.807) is 40.0 Å². The standard InChI is InChI=1S/C15H15Cl2N3O2/c16-12-4-3-11(9-13(12)17)20-6-5-14(18-20)15(22)19(7-8-21)10-1-2-10/h3-6,9-10,21H,1-2,7-8H2. The van der Waals surface area contributed by atoms with Crippen LogP contribution in [0.25, 0.3) is 5.69 Å². The summed E-state index contributed by atoms with van der Waals surface area (Å²) in [5, 5.41) is 14.3. The fourth-order valence-corrected chi connectivity index (χ4v) is 2.59. The zero-order valence-electron chi connectivity index (χ0n) is 11.7. The lowest BCUT2D eigenvalue weighted by atomic mass is 10.3. The van der Waals surface area contributed by atoms with Crippen LogP contribution < -0.4 is 0 Å². The Morgan fingerprint density at radius 3 is 2.73 bits per heavy atom. The number of carbonyl (C=O) groups excluding carboxylic acids is 1. The second-order valence-electron chi connectivity index (χ2n) is 5.20. The van der Waals surface area contributed by atoms with Gasteiger partial charge in [-0.05, 0) is 37.1 Å². The minimum Gasteiger partial charge on any atom is -0.395 e. The summed E-state index contributed by atoms with van der Waals surface area (Å²) in [4.78, 5) is 14.2. The Hall–Kier alpha value is -1.56. The molecule has 0 saturated heterocycles. The van der Waals surface area contributed by atoms with Crippen LogP contribution in [0.3, 0.4) is 0 Å². The molecule has 0 bridgehead atoms. The normalized spacial score (nSPS) is 14.1. The van der Waals surface area contributed by atoms with Crippen molar-refractivity contribution in [3.63, 3.8) is 0 Å². The first-order chi connectivity index (χ1) is 10.6. The lowest BCUT2D eigenvalue weighted by molar-refractivity contribution is 0.0701. The molecule has 2 aromatic rings. The minimum atomic E-state index is -0.157. The van der Waals surface area contributed by atoms with Crippen LogP contribution in [-0.2, 0) is 0 Å². The van der Waals surface area contributed by atoms with E-state index in [1.165, 1.54) is 0 Å². The highest BCUT2D eigenvalue weighted by atomic mass is 35.5. The lowest BCUT2D eigenvalue weighted by Crippen LogP contribution is -2.35. The molecule has 7 heteroatoms. The molecular formula is C15H15Cl2N3O2. The van der Waals surface area contributed by atoms with E-state index in [0.717, 1.165) is 18.5 Å². The van der Waals surface area contributed by atoms with Gasteiger partial charge in [0, 0.05) is 18.8 Å². The Morgan fingerprint density at radius 1 is 1.32 bits per heavy atom. The van der Waals surface area contributed by atoms with E-state index < -0.39 is 0 Å². The lowest BCUT2D eigenvalue weighted by Gasteiger charge is -2.19. The summed E-state index contributed by atoms with van der Waals surface area (Å²) < 4.78 is 1.58. The molecule has 1 amide bonds. The van der Waals surface area contributed by atoms with Gasteiger partial charge in [-0.2, -0.15) is 5.10 Å². The zero-order chi connectivity index (χ0) is 15.7.